The Morgan fingerprint density at radius 1 is 1.75 bits per heavy atom. The summed E-state index contributed by atoms with van der Waals surface area (Å²) in [6.45, 7) is 0.537. The zero-order chi connectivity index (χ0) is 8.97. The highest BCUT2D eigenvalue weighted by Crippen LogP contribution is 2.08. The van der Waals surface area contributed by atoms with Gasteiger partial charge in [0.15, 0.2) is 0 Å². The predicted octanol–water partition coefficient (Wildman–Crippen LogP) is -0.672. The quantitative estimate of drug-likeness (QED) is 0.388. The molecule has 2 amide bonds. The summed E-state index contributed by atoms with van der Waals surface area (Å²) in [4.78, 5) is 21.5. The molecule has 1 aliphatic rings. The molecule has 3 N–H and O–H groups in total. The maximum atomic E-state index is 10.9. The van der Waals surface area contributed by atoms with Crippen LogP contribution in [0.25, 0.3) is 0 Å². The molecule has 5 heteroatoms. The second-order valence-corrected chi connectivity index (χ2v) is 2.47. The van der Waals surface area contributed by atoms with E-state index in [0.717, 1.165) is 0 Å². The van der Waals surface area contributed by atoms with Crippen molar-refractivity contribution >= 4 is 11.8 Å². The third-order valence-corrected chi connectivity index (χ3v) is 1.65. The van der Waals surface area contributed by atoms with Crippen molar-refractivity contribution in [1.29, 1.82) is 0 Å². The number of nitrogens with one attached hydrogen (secondary N) is 2. The minimum atomic E-state index is -0.476. The molecule has 5 nitrogen and oxygen atoms in total. The van der Waals surface area contributed by atoms with Crippen LogP contribution in [0.1, 0.15) is 12.8 Å². The van der Waals surface area contributed by atoms with Gasteiger partial charge in [0, 0.05) is 18.5 Å². The first-order chi connectivity index (χ1) is 5.74. The SMILES string of the molecule is O=C(CCC1=CCNC1=O)NO. The molecule has 0 atom stereocenters. The number of amides is 2. The minimum Gasteiger partial charge on any atom is -0.349 e. The number of hydroxylamine groups is 1. The Bertz CT molecular complexity index is 235. The molecule has 0 spiro atoms. The predicted molar refractivity (Wildman–Crippen MR) is 40.3 cm³/mol. The minimum absolute atomic E-state index is 0.124. The fourth-order valence-electron chi connectivity index (χ4n) is 0.993. The van der Waals surface area contributed by atoms with Crippen molar-refractivity contribution in [2.75, 3.05) is 6.54 Å². The lowest BCUT2D eigenvalue weighted by atomic mass is 10.1. The van der Waals surface area contributed by atoms with E-state index in [1.54, 1.807) is 6.08 Å². The molecule has 1 rings (SSSR count). The molecule has 0 saturated heterocycles. The third kappa shape index (κ3) is 2.06. The fraction of sp³-hybridized carbons (Fsp3) is 0.429. The van der Waals surface area contributed by atoms with Crippen LogP contribution >= 0.6 is 0 Å². The summed E-state index contributed by atoms with van der Waals surface area (Å²) in [5.74, 6) is -0.601. The highest BCUT2D eigenvalue weighted by Gasteiger charge is 2.14. The van der Waals surface area contributed by atoms with Crippen LogP contribution in [-0.2, 0) is 9.59 Å². The molecule has 0 radical (unpaired) electrons. The zero-order valence-corrected chi connectivity index (χ0v) is 6.46. The first kappa shape index (κ1) is 8.73. The van der Waals surface area contributed by atoms with Gasteiger partial charge < -0.3 is 5.32 Å². The molecule has 0 fully saturated rings. The Morgan fingerprint density at radius 2 is 2.50 bits per heavy atom. The lowest BCUT2D eigenvalue weighted by Gasteiger charge is -1.98. The summed E-state index contributed by atoms with van der Waals surface area (Å²) in [6.07, 6.45) is 2.25. The van der Waals surface area contributed by atoms with Crippen molar-refractivity contribution in [3.8, 4) is 0 Å². The molecular weight excluding hydrogens is 160 g/mol. The first-order valence-electron chi connectivity index (χ1n) is 3.64. The molecule has 12 heavy (non-hydrogen) atoms. The zero-order valence-electron chi connectivity index (χ0n) is 6.46. The third-order valence-electron chi connectivity index (χ3n) is 1.65. The van der Waals surface area contributed by atoms with E-state index >= 15 is 0 Å². The lowest BCUT2D eigenvalue weighted by molar-refractivity contribution is -0.129. The summed E-state index contributed by atoms with van der Waals surface area (Å²) in [5, 5.41) is 10.7. The van der Waals surface area contributed by atoms with Crippen molar-refractivity contribution in [3.63, 3.8) is 0 Å². The molecule has 0 aromatic carbocycles. The smallest absolute Gasteiger partial charge is 0.247 e. The Balaban J connectivity index is 2.32. The van der Waals surface area contributed by atoms with Gasteiger partial charge in [0.25, 0.3) is 0 Å². The van der Waals surface area contributed by atoms with Crippen molar-refractivity contribution < 1.29 is 14.8 Å². The van der Waals surface area contributed by atoms with Gasteiger partial charge >= 0.3 is 0 Å². The van der Waals surface area contributed by atoms with E-state index in [2.05, 4.69) is 5.32 Å². The van der Waals surface area contributed by atoms with Crippen molar-refractivity contribution in [2.24, 2.45) is 0 Å². The number of rotatable bonds is 3. The average molecular weight is 170 g/mol. The maximum Gasteiger partial charge on any atom is 0.247 e. The number of hydrogen-bond acceptors (Lipinski definition) is 3. The monoisotopic (exact) mass is 170 g/mol. The highest BCUT2D eigenvalue weighted by atomic mass is 16.5. The Hall–Kier alpha value is -1.36. The van der Waals surface area contributed by atoms with Gasteiger partial charge in [-0.2, -0.15) is 0 Å². The van der Waals surface area contributed by atoms with E-state index in [-0.39, 0.29) is 12.3 Å². The molecule has 0 aliphatic carbocycles. The topological polar surface area (TPSA) is 78.4 Å². The maximum absolute atomic E-state index is 10.9. The summed E-state index contributed by atoms with van der Waals surface area (Å²) < 4.78 is 0. The van der Waals surface area contributed by atoms with E-state index in [0.29, 0.717) is 18.5 Å². The number of carbonyl (C=O) groups is 2. The Kier molecular flexibility index (Phi) is 2.82. The number of carbonyl (C=O) groups excluding carboxylic acids is 2. The molecule has 0 aromatic rings. The van der Waals surface area contributed by atoms with Gasteiger partial charge in [-0.05, 0) is 6.42 Å². The molecule has 1 aliphatic heterocycles. The van der Waals surface area contributed by atoms with Crippen molar-refractivity contribution in [2.45, 2.75) is 12.8 Å². The fourth-order valence-corrected chi connectivity index (χ4v) is 0.993. The second kappa shape index (κ2) is 3.87. The van der Waals surface area contributed by atoms with Crippen LogP contribution in [0.5, 0.6) is 0 Å². The van der Waals surface area contributed by atoms with Crippen LogP contribution in [0.4, 0.5) is 0 Å². The molecule has 0 bridgehead atoms. The van der Waals surface area contributed by atoms with Crippen LogP contribution in [0.2, 0.25) is 0 Å². The van der Waals surface area contributed by atoms with Gasteiger partial charge in [0.05, 0.1) is 0 Å². The van der Waals surface area contributed by atoms with Gasteiger partial charge in [-0.25, -0.2) is 5.48 Å². The summed E-state index contributed by atoms with van der Waals surface area (Å²) in [6, 6.07) is 0. The molecule has 0 aromatic heterocycles. The highest BCUT2D eigenvalue weighted by molar-refractivity contribution is 5.96. The lowest BCUT2D eigenvalue weighted by Crippen LogP contribution is -2.20. The van der Waals surface area contributed by atoms with Crippen molar-refractivity contribution in [3.05, 3.63) is 11.6 Å². The van der Waals surface area contributed by atoms with Crippen LogP contribution in [0.15, 0.2) is 11.6 Å². The molecule has 1 heterocycles. The van der Waals surface area contributed by atoms with Gasteiger partial charge in [0.1, 0.15) is 0 Å². The Labute approximate surface area is 69.4 Å². The molecule has 0 saturated carbocycles. The summed E-state index contributed by atoms with van der Waals surface area (Å²) >= 11 is 0. The van der Waals surface area contributed by atoms with E-state index in [4.69, 9.17) is 5.21 Å². The van der Waals surface area contributed by atoms with Gasteiger partial charge in [0.2, 0.25) is 11.8 Å². The standard InChI is InChI=1S/C7H10N2O3/c10-6(9-12)2-1-5-3-4-8-7(5)11/h3,12H,1-2,4H2,(H,8,11)(H,9,10). The largest absolute Gasteiger partial charge is 0.349 e. The van der Waals surface area contributed by atoms with Crippen LogP contribution in [-0.4, -0.2) is 23.6 Å². The van der Waals surface area contributed by atoms with Gasteiger partial charge in [-0.15, -0.1) is 0 Å². The Morgan fingerprint density at radius 3 is 3.00 bits per heavy atom. The van der Waals surface area contributed by atoms with Crippen LogP contribution in [0, 0.1) is 0 Å². The average Bonchev–Trinajstić information content (AvgIpc) is 2.47. The van der Waals surface area contributed by atoms with E-state index < -0.39 is 5.91 Å². The molecule has 0 unspecified atom stereocenters. The van der Waals surface area contributed by atoms with Crippen molar-refractivity contribution in [1.82, 2.24) is 10.8 Å². The molecular formula is C7H10N2O3. The van der Waals surface area contributed by atoms with E-state index in [1.807, 2.05) is 0 Å². The number of hydrogen-bond donors (Lipinski definition) is 3. The summed E-state index contributed by atoms with van der Waals surface area (Å²) in [7, 11) is 0. The van der Waals surface area contributed by atoms with E-state index in [1.165, 1.54) is 5.48 Å². The van der Waals surface area contributed by atoms with Gasteiger partial charge in [-0.3, -0.25) is 14.8 Å². The van der Waals surface area contributed by atoms with E-state index in [9.17, 15) is 9.59 Å². The molecule has 66 valence electrons. The van der Waals surface area contributed by atoms with Gasteiger partial charge in [-0.1, -0.05) is 6.08 Å². The van der Waals surface area contributed by atoms with Crippen LogP contribution < -0.4 is 10.8 Å². The first-order valence-corrected chi connectivity index (χ1v) is 3.64. The van der Waals surface area contributed by atoms with Crippen LogP contribution in [0.3, 0.4) is 0 Å². The second-order valence-electron chi connectivity index (χ2n) is 2.47. The normalized spacial score (nSPS) is 15.4. The summed E-state index contributed by atoms with van der Waals surface area (Å²) in [5.41, 5.74) is 2.12.